The second kappa shape index (κ2) is 8.34. The number of rotatable bonds is 5. The quantitative estimate of drug-likeness (QED) is 0.623. The molecule has 23 heavy (non-hydrogen) atoms. The summed E-state index contributed by atoms with van der Waals surface area (Å²) in [4.78, 5) is 23.5. The summed E-state index contributed by atoms with van der Waals surface area (Å²) in [6.45, 7) is 4.11. The fraction of sp³-hybridized carbons (Fsp3) is 0.529. The number of nitrogens with one attached hydrogen (secondary N) is 1. The van der Waals surface area contributed by atoms with Gasteiger partial charge >= 0.3 is 5.97 Å². The van der Waals surface area contributed by atoms with Crippen molar-refractivity contribution in [3.63, 3.8) is 0 Å². The first-order chi connectivity index (χ1) is 11.0. The fourth-order valence-corrected chi connectivity index (χ4v) is 3.11. The van der Waals surface area contributed by atoms with Gasteiger partial charge in [-0.15, -0.1) is 0 Å². The number of halogens is 1. The first-order valence-corrected chi connectivity index (χ1v) is 8.64. The molecule has 1 heterocycles. The molecule has 3 unspecified atom stereocenters. The second-order valence-electron chi connectivity index (χ2n) is 6.02. The molecule has 0 aliphatic heterocycles. The van der Waals surface area contributed by atoms with Crippen molar-refractivity contribution in [3.8, 4) is 0 Å². The van der Waals surface area contributed by atoms with Crippen LogP contribution in [0.1, 0.15) is 38.9 Å². The highest BCUT2D eigenvalue weighted by Gasteiger charge is 2.28. The van der Waals surface area contributed by atoms with Gasteiger partial charge in [0, 0.05) is 12.1 Å². The van der Waals surface area contributed by atoms with Gasteiger partial charge in [-0.25, -0.2) is 4.79 Å². The van der Waals surface area contributed by atoms with E-state index in [-0.39, 0.29) is 18.6 Å². The van der Waals surface area contributed by atoms with Crippen molar-refractivity contribution >= 4 is 33.9 Å². The van der Waals surface area contributed by atoms with Gasteiger partial charge < -0.3 is 14.5 Å². The minimum absolute atomic E-state index is 0.168. The van der Waals surface area contributed by atoms with Gasteiger partial charge in [-0.2, -0.15) is 0 Å². The number of amides is 1. The van der Waals surface area contributed by atoms with Crippen molar-refractivity contribution in [2.45, 2.75) is 39.2 Å². The number of hydrogen-bond donors (Lipinski definition) is 1. The third-order valence-electron chi connectivity index (χ3n) is 4.38. The van der Waals surface area contributed by atoms with Crippen molar-refractivity contribution in [2.24, 2.45) is 11.8 Å². The summed E-state index contributed by atoms with van der Waals surface area (Å²) < 4.78 is 10.8. The Morgan fingerprint density at radius 1 is 1.39 bits per heavy atom. The molecular formula is C17H22BrNO4. The first kappa shape index (κ1) is 17.8. The molecule has 0 spiro atoms. The average molecular weight is 384 g/mol. The van der Waals surface area contributed by atoms with E-state index in [9.17, 15) is 9.59 Å². The lowest BCUT2D eigenvalue weighted by Crippen LogP contribution is -2.45. The Hall–Kier alpha value is -1.56. The zero-order valence-corrected chi connectivity index (χ0v) is 15.0. The van der Waals surface area contributed by atoms with E-state index in [0.717, 1.165) is 12.8 Å². The molecule has 1 N–H and O–H groups in total. The van der Waals surface area contributed by atoms with E-state index in [0.29, 0.717) is 22.3 Å². The molecule has 0 saturated heterocycles. The van der Waals surface area contributed by atoms with E-state index in [4.69, 9.17) is 9.15 Å². The average Bonchev–Trinajstić information content (AvgIpc) is 2.93. The smallest absolute Gasteiger partial charge is 0.331 e. The molecule has 1 saturated carbocycles. The lowest BCUT2D eigenvalue weighted by Gasteiger charge is -2.34. The van der Waals surface area contributed by atoms with Crippen molar-refractivity contribution in [2.75, 3.05) is 6.61 Å². The van der Waals surface area contributed by atoms with Crippen molar-refractivity contribution < 1.29 is 18.7 Å². The highest BCUT2D eigenvalue weighted by Crippen LogP contribution is 2.29. The van der Waals surface area contributed by atoms with Crippen LogP contribution < -0.4 is 5.32 Å². The van der Waals surface area contributed by atoms with E-state index in [2.05, 4.69) is 35.1 Å². The molecule has 1 amide bonds. The third kappa shape index (κ3) is 5.53. The maximum atomic E-state index is 11.9. The van der Waals surface area contributed by atoms with Gasteiger partial charge in [0.25, 0.3) is 5.91 Å². The minimum Gasteiger partial charge on any atom is -0.452 e. The van der Waals surface area contributed by atoms with E-state index >= 15 is 0 Å². The molecule has 0 radical (unpaired) electrons. The van der Waals surface area contributed by atoms with Crippen LogP contribution in [0.3, 0.4) is 0 Å². The zero-order valence-electron chi connectivity index (χ0n) is 13.4. The van der Waals surface area contributed by atoms with Crippen LogP contribution in [0.25, 0.3) is 6.08 Å². The van der Waals surface area contributed by atoms with Crippen LogP contribution in [0, 0.1) is 11.8 Å². The van der Waals surface area contributed by atoms with E-state index in [1.165, 1.54) is 18.6 Å². The number of furan rings is 1. The van der Waals surface area contributed by atoms with Crippen LogP contribution in [0.4, 0.5) is 0 Å². The van der Waals surface area contributed by atoms with Crippen molar-refractivity contribution in [1.82, 2.24) is 5.32 Å². The Balaban J connectivity index is 1.73. The Labute approximate surface area is 144 Å². The van der Waals surface area contributed by atoms with E-state index in [1.54, 1.807) is 12.1 Å². The summed E-state index contributed by atoms with van der Waals surface area (Å²) >= 11 is 3.18. The third-order valence-corrected chi connectivity index (χ3v) is 4.80. The minimum atomic E-state index is -0.572. The molecular weight excluding hydrogens is 362 g/mol. The number of carbonyl (C=O) groups excluding carboxylic acids is 2. The molecule has 3 atom stereocenters. The van der Waals surface area contributed by atoms with Gasteiger partial charge in [0.15, 0.2) is 11.3 Å². The van der Waals surface area contributed by atoms with Crippen LogP contribution in [0.15, 0.2) is 27.3 Å². The predicted molar refractivity (Wildman–Crippen MR) is 90.5 cm³/mol. The zero-order chi connectivity index (χ0) is 16.8. The molecule has 6 heteroatoms. The number of hydrogen-bond acceptors (Lipinski definition) is 4. The summed E-state index contributed by atoms with van der Waals surface area (Å²) in [6.07, 6.45) is 6.05. The lowest BCUT2D eigenvalue weighted by atomic mass is 9.78. The molecule has 1 fully saturated rings. The summed E-state index contributed by atoms with van der Waals surface area (Å²) in [5.41, 5.74) is 0. The summed E-state index contributed by atoms with van der Waals surface area (Å²) in [5, 5.41) is 2.97. The van der Waals surface area contributed by atoms with Gasteiger partial charge in [0.05, 0.1) is 0 Å². The fourth-order valence-electron chi connectivity index (χ4n) is 2.79. The predicted octanol–water partition coefficient (Wildman–Crippen LogP) is 3.54. The van der Waals surface area contributed by atoms with Crippen LogP contribution in [0.2, 0.25) is 0 Å². The first-order valence-electron chi connectivity index (χ1n) is 7.85. The molecule has 0 bridgehead atoms. The monoisotopic (exact) mass is 383 g/mol. The van der Waals surface area contributed by atoms with Crippen LogP contribution >= 0.6 is 15.9 Å². The topological polar surface area (TPSA) is 68.5 Å². The molecule has 1 aromatic heterocycles. The largest absolute Gasteiger partial charge is 0.452 e. The van der Waals surface area contributed by atoms with Crippen LogP contribution in [-0.4, -0.2) is 24.5 Å². The molecule has 1 aromatic rings. The van der Waals surface area contributed by atoms with Gasteiger partial charge in [-0.3, -0.25) is 4.79 Å². The maximum Gasteiger partial charge on any atom is 0.331 e. The summed E-state index contributed by atoms with van der Waals surface area (Å²) in [6, 6.07) is 3.61. The second-order valence-corrected chi connectivity index (χ2v) is 6.81. The van der Waals surface area contributed by atoms with Crippen LogP contribution in [-0.2, 0) is 14.3 Å². The van der Waals surface area contributed by atoms with Crippen molar-refractivity contribution in [3.05, 3.63) is 28.6 Å². The highest BCUT2D eigenvalue weighted by molar-refractivity contribution is 9.10. The molecule has 126 valence electrons. The van der Waals surface area contributed by atoms with E-state index in [1.807, 2.05) is 0 Å². The summed E-state index contributed by atoms with van der Waals surface area (Å²) in [5.74, 6) is 0.757. The lowest BCUT2D eigenvalue weighted by molar-refractivity contribution is -0.144. The highest BCUT2D eigenvalue weighted by atomic mass is 79.9. The van der Waals surface area contributed by atoms with Gasteiger partial charge in [0.2, 0.25) is 0 Å². The molecule has 0 aromatic carbocycles. The number of carbonyl (C=O) groups is 2. The number of esters is 1. The molecule has 2 rings (SSSR count). The van der Waals surface area contributed by atoms with Gasteiger partial charge in [-0.1, -0.05) is 26.7 Å². The Kier molecular flexibility index (Phi) is 6.45. The van der Waals surface area contributed by atoms with Crippen molar-refractivity contribution in [1.29, 1.82) is 0 Å². The van der Waals surface area contributed by atoms with Crippen LogP contribution in [0.5, 0.6) is 0 Å². The molecule has 1 aliphatic rings. The Morgan fingerprint density at radius 2 is 2.17 bits per heavy atom. The normalized spacial score (nSPS) is 24.6. The van der Waals surface area contributed by atoms with Gasteiger partial charge in [-0.05, 0) is 52.4 Å². The SMILES string of the molecule is CC1CCCC(NC(=O)COC(=O)C=Cc2ccc(Br)o2)C1C. The molecule has 1 aliphatic carbocycles. The Morgan fingerprint density at radius 3 is 2.87 bits per heavy atom. The maximum absolute atomic E-state index is 11.9. The molecule has 5 nitrogen and oxygen atoms in total. The number of ether oxygens (including phenoxy) is 1. The standard InChI is InChI=1S/C17H22BrNO4/c1-11-4-3-5-14(12(11)2)19-16(20)10-22-17(21)9-7-13-6-8-15(18)23-13/h6-9,11-12,14H,3-5,10H2,1-2H3,(H,19,20). The van der Waals surface area contributed by atoms with E-state index < -0.39 is 5.97 Å². The van der Waals surface area contributed by atoms with Gasteiger partial charge in [0.1, 0.15) is 5.76 Å². The Bertz CT molecular complexity index is 581. The summed E-state index contributed by atoms with van der Waals surface area (Å²) in [7, 11) is 0.